The highest BCUT2D eigenvalue weighted by Gasteiger charge is 2.30. The summed E-state index contributed by atoms with van der Waals surface area (Å²) in [5.41, 5.74) is 7.70. The molecule has 0 spiro atoms. The minimum atomic E-state index is -0.566. The van der Waals surface area contributed by atoms with Crippen LogP contribution < -0.4 is 15.8 Å². The van der Waals surface area contributed by atoms with Gasteiger partial charge in [0, 0.05) is 18.7 Å². The lowest BCUT2D eigenvalue weighted by atomic mass is 10.0. The summed E-state index contributed by atoms with van der Waals surface area (Å²) in [6.45, 7) is 1.09. The first kappa shape index (κ1) is 17.8. The van der Waals surface area contributed by atoms with Crippen LogP contribution in [-0.4, -0.2) is 30.5 Å². The van der Waals surface area contributed by atoms with Gasteiger partial charge in [-0.1, -0.05) is 24.3 Å². The highest BCUT2D eigenvalue weighted by molar-refractivity contribution is 5.94. The van der Waals surface area contributed by atoms with E-state index >= 15 is 0 Å². The van der Waals surface area contributed by atoms with Gasteiger partial charge < -0.3 is 20.7 Å². The van der Waals surface area contributed by atoms with Crippen molar-refractivity contribution in [2.75, 3.05) is 13.7 Å². The van der Waals surface area contributed by atoms with Crippen molar-refractivity contribution in [3.05, 3.63) is 65.2 Å². The zero-order valence-electron chi connectivity index (χ0n) is 14.8. The minimum Gasteiger partial charge on any atom is -0.497 e. The molecule has 1 unspecified atom stereocenters. The third kappa shape index (κ3) is 3.96. The monoisotopic (exact) mass is 353 g/mol. The SMILES string of the molecule is COc1cccc(C2CCCN2C(=O)c2ccc(CNC(N)=O)cc2)c1. The van der Waals surface area contributed by atoms with Gasteiger partial charge >= 0.3 is 6.03 Å². The fraction of sp³-hybridized carbons (Fsp3) is 0.300. The van der Waals surface area contributed by atoms with E-state index < -0.39 is 6.03 Å². The Hall–Kier alpha value is -3.02. The molecule has 0 aromatic heterocycles. The van der Waals surface area contributed by atoms with Crippen LogP contribution in [0.3, 0.4) is 0 Å². The highest BCUT2D eigenvalue weighted by atomic mass is 16.5. The van der Waals surface area contributed by atoms with E-state index in [1.54, 1.807) is 19.2 Å². The van der Waals surface area contributed by atoms with Crippen molar-refractivity contribution in [1.82, 2.24) is 10.2 Å². The Labute approximate surface area is 152 Å². The van der Waals surface area contributed by atoms with Crippen LogP contribution in [0.25, 0.3) is 0 Å². The highest BCUT2D eigenvalue weighted by Crippen LogP contribution is 2.34. The normalized spacial score (nSPS) is 16.3. The fourth-order valence-electron chi connectivity index (χ4n) is 3.33. The Morgan fingerprint density at radius 1 is 1.23 bits per heavy atom. The molecule has 136 valence electrons. The maximum absolute atomic E-state index is 13.0. The van der Waals surface area contributed by atoms with Crippen LogP contribution >= 0.6 is 0 Å². The second-order valence-electron chi connectivity index (χ2n) is 6.35. The summed E-state index contributed by atoms with van der Waals surface area (Å²) in [5, 5.41) is 2.54. The van der Waals surface area contributed by atoms with E-state index in [1.807, 2.05) is 41.3 Å². The first-order valence-corrected chi connectivity index (χ1v) is 8.65. The third-order valence-electron chi connectivity index (χ3n) is 4.66. The van der Waals surface area contributed by atoms with Gasteiger partial charge in [-0.25, -0.2) is 4.79 Å². The number of primary amides is 1. The van der Waals surface area contributed by atoms with Crippen LogP contribution in [0.2, 0.25) is 0 Å². The molecule has 26 heavy (non-hydrogen) atoms. The van der Waals surface area contributed by atoms with Gasteiger partial charge in [-0.15, -0.1) is 0 Å². The van der Waals surface area contributed by atoms with Gasteiger partial charge in [-0.2, -0.15) is 0 Å². The quantitative estimate of drug-likeness (QED) is 0.867. The van der Waals surface area contributed by atoms with Crippen molar-refractivity contribution >= 4 is 11.9 Å². The van der Waals surface area contributed by atoms with Gasteiger partial charge in [-0.3, -0.25) is 4.79 Å². The standard InChI is InChI=1S/C20H23N3O3/c1-26-17-5-2-4-16(12-17)18-6-3-11-23(18)19(24)15-9-7-14(8-10-15)13-22-20(21)25/h2,4-5,7-10,12,18H,3,6,11,13H2,1H3,(H3,21,22,25). The summed E-state index contributed by atoms with van der Waals surface area (Å²) in [6.07, 6.45) is 1.92. The second-order valence-corrected chi connectivity index (χ2v) is 6.35. The van der Waals surface area contributed by atoms with E-state index in [0.717, 1.165) is 36.3 Å². The van der Waals surface area contributed by atoms with Crippen molar-refractivity contribution in [2.24, 2.45) is 5.73 Å². The number of hydrogen-bond donors (Lipinski definition) is 2. The Balaban J connectivity index is 1.74. The predicted molar refractivity (Wildman–Crippen MR) is 98.9 cm³/mol. The lowest BCUT2D eigenvalue weighted by Crippen LogP contribution is -2.30. The summed E-state index contributed by atoms with van der Waals surface area (Å²) < 4.78 is 5.31. The molecule has 1 heterocycles. The van der Waals surface area contributed by atoms with E-state index in [1.165, 1.54) is 0 Å². The van der Waals surface area contributed by atoms with Crippen LogP contribution in [-0.2, 0) is 6.54 Å². The smallest absolute Gasteiger partial charge is 0.312 e. The summed E-state index contributed by atoms with van der Waals surface area (Å²) in [6, 6.07) is 14.6. The molecule has 1 aliphatic heterocycles. The number of urea groups is 1. The van der Waals surface area contributed by atoms with Crippen molar-refractivity contribution < 1.29 is 14.3 Å². The van der Waals surface area contributed by atoms with Crippen LogP contribution in [0.15, 0.2) is 48.5 Å². The van der Waals surface area contributed by atoms with Crippen molar-refractivity contribution in [1.29, 1.82) is 0 Å². The topological polar surface area (TPSA) is 84.7 Å². The van der Waals surface area contributed by atoms with Crippen LogP contribution in [0.1, 0.15) is 40.4 Å². The molecule has 1 atom stereocenters. The zero-order valence-corrected chi connectivity index (χ0v) is 14.8. The molecule has 3 N–H and O–H groups in total. The van der Waals surface area contributed by atoms with Crippen molar-refractivity contribution in [3.8, 4) is 5.75 Å². The Bertz CT molecular complexity index is 789. The average molecular weight is 353 g/mol. The lowest BCUT2D eigenvalue weighted by Gasteiger charge is -2.25. The number of amides is 3. The van der Waals surface area contributed by atoms with Crippen LogP contribution in [0.4, 0.5) is 4.79 Å². The van der Waals surface area contributed by atoms with Crippen molar-refractivity contribution in [3.63, 3.8) is 0 Å². The van der Waals surface area contributed by atoms with E-state index in [-0.39, 0.29) is 11.9 Å². The Kier molecular flexibility index (Phi) is 5.41. The summed E-state index contributed by atoms with van der Waals surface area (Å²) >= 11 is 0. The molecule has 0 bridgehead atoms. The molecule has 3 amide bonds. The Morgan fingerprint density at radius 3 is 2.69 bits per heavy atom. The molecule has 2 aromatic carbocycles. The first-order valence-electron chi connectivity index (χ1n) is 8.65. The maximum atomic E-state index is 13.0. The molecule has 0 radical (unpaired) electrons. The molecule has 1 saturated heterocycles. The van der Waals surface area contributed by atoms with Crippen LogP contribution in [0.5, 0.6) is 5.75 Å². The number of carbonyl (C=O) groups is 2. The molecule has 6 nitrogen and oxygen atoms in total. The van der Waals surface area contributed by atoms with E-state index in [0.29, 0.717) is 12.1 Å². The molecular weight excluding hydrogens is 330 g/mol. The number of nitrogens with zero attached hydrogens (tertiary/aromatic N) is 1. The molecular formula is C20H23N3O3. The number of rotatable bonds is 5. The molecule has 0 aliphatic carbocycles. The number of hydrogen-bond acceptors (Lipinski definition) is 3. The maximum Gasteiger partial charge on any atom is 0.312 e. The van der Waals surface area contributed by atoms with Crippen molar-refractivity contribution in [2.45, 2.75) is 25.4 Å². The number of carbonyl (C=O) groups excluding carboxylic acids is 2. The first-order chi connectivity index (χ1) is 12.6. The van der Waals surface area contributed by atoms with Gasteiger partial charge in [0.15, 0.2) is 0 Å². The second kappa shape index (κ2) is 7.91. The van der Waals surface area contributed by atoms with E-state index in [2.05, 4.69) is 5.32 Å². The largest absolute Gasteiger partial charge is 0.497 e. The number of ether oxygens (including phenoxy) is 1. The van der Waals surface area contributed by atoms with Gasteiger partial charge in [0.2, 0.25) is 0 Å². The predicted octanol–water partition coefficient (Wildman–Crippen LogP) is 2.84. The van der Waals surface area contributed by atoms with E-state index in [9.17, 15) is 9.59 Å². The summed E-state index contributed by atoms with van der Waals surface area (Å²) in [4.78, 5) is 25.7. The van der Waals surface area contributed by atoms with Crippen LogP contribution in [0, 0.1) is 0 Å². The summed E-state index contributed by atoms with van der Waals surface area (Å²) in [5.74, 6) is 0.817. The van der Waals surface area contributed by atoms with E-state index in [4.69, 9.17) is 10.5 Å². The zero-order chi connectivity index (χ0) is 18.5. The molecule has 1 aliphatic rings. The molecule has 1 fully saturated rings. The van der Waals surface area contributed by atoms with Gasteiger partial charge in [0.1, 0.15) is 5.75 Å². The van der Waals surface area contributed by atoms with Gasteiger partial charge in [-0.05, 0) is 48.2 Å². The fourth-order valence-corrected chi connectivity index (χ4v) is 3.33. The number of benzene rings is 2. The number of nitrogens with two attached hydrogens (primary N) is 1. The summed E-state index contributed by atoms with van der Waals surface area (Å²) in [7, 11) is 1.64. The Morgan fingerprint density at radius 2 is 2.00 bits per heavy atom. The minimum absolute atomic E-state index is 0.0183. The van der Waals surface area contributed by atoms with Gasteiger partial charge in [0.25, 0.3) is 5.91 Å². The average Bonchev–Trinajstić information content (AvgIpc) is 3.16. The number of likely N-dealkylation sites (tertiary alicyclic amines) is 1. The number of nitrogens with one attached hydrogen (secondary N) is 1. The molecule has 6 heteroatoms. The van der Waals surface area contributed by atoms with Gasteiger partial charge in [0.05, 0.1) is 13.2 Å². The molecule has 3 rings (SSSR count). The molecule has 2 aromatic rings. The molecule has 0 saturated carbocycles. The number of methoxy groups -OCH3 is 1. The third-order valence-corrected chi connectivity index (χ3v) is 4.66. The lowest BCUT2D eigenvalue weighted by molar-refractivity contribution is 0.0735.